The standard InChI is InChI=1S/C14H29NO2/c1-3-4-5-6-7-8-9-12-15-14(17)11-10-13(2)16/h13,16H,3-12H2,1-2H3,(H,15,17). The van der Waals surface area contributed by atoms with Crippen LogP contribution in [0.4, 0.5) is 0 Å². The third-order valence-corrected chi connectivity index (χ3v) is 2.89. The summed E-state index contributed by atoms with van der Waals surface area (Å²) in [6.45, 7) is 4.72. The van der Waals surface area contributed by atoms with E-state index in [1.165, 1.54) is 38.5 Å². The van der Waals surface area contributed by atoms with Crippen LogP contribution in [0.1, 0.15) is 71.6 Å². The van der Waals surface area contributed by atoms with Crippen LogP contribution in [-0.4, -0.2) is 23.7 Å². The number of rotatable bonds is 11. The molecule has 0 rings (SSSR count). The predicted octanol–water partition coefficient (Wildman–Crippen LogP) is 3.01. The third kappa shape index (κ3) is 13.4. The summed E-state index contributed by atoms with van der Waals surface area (Å²) < 4.78 is 0. The van der Waals surface area contributed by atoms with Crippen molar-refractivity contribution in [2.45, 2.75) is 77.7 Å². The van der Waals surface area contributed by atoms with Gasteiger partial charge in [-0.2, -0.15) is 0 Å². The molecule has 0 aliphatic heterocycles. The Morgan fingerprint density at radius 1 is 1.12 bits per heavy atom. The van der Waals surface area contributed by atoms with E-state index < -0.39 is 0 Å². The van der Waals surface area contributed by atoms with Crippen molar-refractivity contribution >= 4 is 5.91 Å². The normalized spacial score (nSPS) is 12.4. The highest BCUT2D eigenvalue weighted by Crippen LogP contribution is 2.06. The Morgan fingerprint density at radius 3 is 2.29 bits per heavy atom. The van der Waals surface area contributed by atoms with E-state index in [9.17, 15) is 4.79 Å². The zero-order chi connectivity index (χ0) is 12.9. The highest BCUT2D eigenvalue weighted by Gasteiger charge is 2.02. The molecule has 0 aliphatic carbocycles. The van der Waals surface area contributed by atoms with Gasteiger partial charge in [-0.1, -0.05) is 45.4 Å². The van der Waals surface area contributed by atoms with Gasteiger partial charge in [0.25, 0.3) is 0 Å². The van der Waals surface area contributed by atoms with Crippen LogP contribution in [0.5, 0.6) is 0 Å². The van der Waals surface area contributed by atoms with Gasteiger partial charge < -0.3 is 10.4 Å². The van der Waals surface area contributed by atoms with Gasteiger partial charge in [0.1, 0.15) is 0 Å². The Morgan fingerprint density at radius 2 is 1.71 bits per heavy atom. The van der Waals surface area contributed by atoms with Crippen molar-refractivity contribution < 1.29 is 9.90 Å². The average Bonchev–Trinajstić information content (AvgIpc) is 2.30. The van der Waals surface area contributed by atoms with Gasteiger partial charge >= 0.3 is 0 Å². The third-order valence-electron chi connectivity index (χ3n) is 2.89. The zero-order valence-electron chi connectivity index (χ0n) is 11.5. The molecule has 17 heavy (non-hydrogen) atoms. The summed E-state index contributed by atoms with van der Waals surface area (Å²) >= 11 is 0. The number of amides is 1. The van der Waals surface area contributed by atoms with Gasteiger partial charge in [-0.3, -0.25) is 4.79 Å². The van der Waals surface area contributed by atoms with E-state index in [0.29, 0.717) is 12.8 Å². The highest BCUT2D eigenvalue weighted by molar-refractivity contribution is 5.75. The van der Waals surface area contributed by atoms with E-state index in [4.69, 9.17) is 5.11 Å². The summed E-state index contributed by atoms with van der Waals surface area (Å²) in [7, 11) is 0. The second-order valence-corrected chi connectivity index (χ2v) is 4.86. The van der Waals surface area contributed by atoms with Gasteiger partial charge in [0, 0.05) is 13.0 Å². The Balaban J connectivity index is 3.14. The molecule has 0 saturated heterocycles. The molecule has 0 aromatic rings. The number of aliphatic hydroxyl groups excluding tert-OH is 1. The fraction of sp³-hybridized carbons (Fsp3) is 0.929. The number of nitrogens with one attached hydrogen (secondary N) is 1. The number of carbonyl (C=O) groups is 1. The van der Waals surface area contributed by atoms with Gasteiger partial charge in [-0.25, -0.2) is 0 Å². The Hall–Kier alpha value is -0.570. The fourth-order valence-corrected chi connectivity index (χ4v) is 1.74. The van der Waals surface area contributed by atoms with E-state index in [2.05, 4.69) is 12.2 Å². The van der Waals surface area contributed by atoms with Gasteiger partial charge in [0.05, 0.1) is 6.10 Å². The molecule has 0 heterocycles. The van der Waals surface area contributed by atoms with E-state index in [1.54, 1.807) is 6.92 Å². The summed E-state index contributed by atoms with van der Waals surface area (Å²) in [5, 5.41) is 11.9. The quantitative estimate of drug-likeness (QED) is 0.548. The lowest BCUT2D eigenvalue weighted by atomic mass is 10.1. The van der Waals surface area contributed by atoms with E-state index in [1.807, 2.05) is 0 Å². The molecular formula is C14H29NO2. The lowest BCUT2D eigenvalue weighted by Gasteiger charge is -2.06. The second-order valence-electron chi connectivity index (χ2n) is 4.86. The van der Waals surface area contributed by atoms with Crippen LogP contribution in [0.2, 0.25) is 0 Å². The van der Waals surface area contributed by atoms with Gasteiger partial charge in [0.15, 0.2) is 0 Å². The molecule has 0 aromatic carbocycles. The van der Waals surface area contributed by atoms with E-state index in [0.717, 1.165) is 13.0 Å². The molecule has 0 fully saturated rings. The average molecular weight is 243 g/mol. The molecule has 102 valence electrons. The minimum Gasteiger partial charge on any atom is -0.393 e. The Kier molecular flexibility index (Phi) is 11.5. The summed E-state index contributed by atoms with van der Waals surface area (Å²) in [4.78, 5) is 11.3. The molecule has 0 bridgehead atoms. The second kappa shape index (κ2) is 11.9. The number of unbranched alkanes of at least 4 members (excludes halogenated alkanes) is 6. The first-order valence-electron chi connectivity index (χ1n) is 7.11. The molecule has 3 nitrogen and oxygen atoms in total. The minimum absolute atomic E-state index is 0.0666. The summed E-state index contributed by atoms with van der Waals surface area (Å²) in [5.41, 5.74) is 0. The topological polar surface area (TPSA) is 49.3 Å². The van der Waals surface area contributed by atoms with Gasteiger partial charge in [-0.05, 0) is 19.8 Å². The first-order chi connectivity index (χ1) is 8.16. The summed E-state index contributed by atoms with van der Waals surface area (Å²) in [6.07, 6.45) is 9.49. The van der Waals surface area contributed by atoms with Crippen molar-refractivity contribution in [1.82, 2.24) is 5.32 Å². The van der Waals surface area contributed by atoms with Crippen LogP contribution in [0.3, 0.4) is 0 Å². The van der Waals surface area contributed by atoms with E-state index in [-0.39, 0.29) is 12.0 Å². The summed E-state index contributed by atoms with van der Waals surface area (Å²) in [5.74, 6) is 0.0666. The number of aliphatic hydroxyl groups is 1. The van der Waals surface area contributed by atoms with Crippen molar-refractivity contribution in [2.75, 3.05) is 6.54 Å². The molecule has 0 spiro atoms. The van der Waals surface area contributed by atoms with Crippen LogP contribution >= 0.6 is 0 Å². The number of hydrogen-bond donors (Lipinski definition) is 2. The van der Waals surface area contributed by atoms with Crippen LogP contribution in [-0.2, 0) is 4.79 Å². The first kappa shape index (κ1) is 16.4. The predicted molar refractivity (Wildman–Crippen MR) is 71.9 cm³/mol. The van der Waals surface area contributed by atoms with Crippen LogP contribution in [0.25, 0.3) is 0 Å². The van der Waals surface area contributed by atoms with Crippen molar-refractivity contribution in [1.29, 1.82) is 0 Å². The van der Waals surface area contributed by atoms with E-state index >= 15 is 0 Å². The molecule has 0 radical (unpaired) electrons. The summed E-state index contributed by atoms with van der Waals surface area (Å²) in [6, 6.07) is 0. The molecule has 1 unspecified atom stereocenters. The lowest BCUT2D eigenvalue weighted by molar-refractivity contribution is -0.121. The van der Waals surface area contributed by atoms with Crippen molar-refractivity contribution in [3.8, 4) is 0 Å². The maximum atomic E-state index is 11.3. The molecular weight excluding hydrogens is 214 g/mol. The van der Waals surface area contributed by atoms with Crippen LogP contribution < -0.4 is 5.32 Å². The molecule has 2 N–H and O–H groups in total. The highest BCUT2D eigenvalue weighted by atomic mass is 16.3. The van der Waals surface area contributed by atoms with Gasteiger partial charge in [0.2, 0.25) is 5.91 Å². The zero-order valence-corrected chi connectivity index (χ0v) is 11.5. The largest absolute Gasteiger partial charge is 0.393 e. The SMILES string of the molecule is CCCCCCCCCNC(=O)CCC(C)O. The maximum absolute atomic E-state index is 11.3. The van der Waals surface area contributed by atoms with Gasteiger partial charge in [-0.15, -0.1) is 0 Å². The molecule has 0 aromatic heterocycles. The molecule has 1 amide bonds. The van der Waals surface area contributed by atoms with Crippen molar-refractivity contribution in [3.63, 3.8) is 0 Å². The smallest absolute Gasteiger partial charge is 0.220 e. The number of carbonyl (C=O) groups excluding carboxylic acids is 1. The maximum Gasteiger partial charge on any atom is 0.220 e. The molecule has 1 atom stereocenters. The first-order valence-corrected chi connectivity index (χ1v) is 7.11. The van der Waals surface area contributed by atoms with Crippen molar-refractivity contribution in [2.24, 2.45) is 0 Å². The number of hydrogen-bond acceptors (Lipinski definition) is 2. The Bertz CT molecular complexity index is 181. The monoisotopic (exact) mass is 243 g/mol. The minimum atomic E-state index is -0.376. The van der Waals surface area contributed by atoms with Crippen molar-refractivity contribution in [3.05, 3.63) is 0 Å². The molecule has 0 aliphatic rings. The Labute approximate surface area is 106 Å². The molecule has 3 heteroatoms. The lowest BCUT2D eigenvalue weighted by Crippen LogP contribution is -2.25. The van der Waals surface area contributed by atoms with Crippen LogP contribution in [0, 0.1) is 0 Å². The molecule has 0 saturated carbocycles. The van der Waals surface area contributed by atoms with Crippen LogP contribution in [0.15, 0.2) is 0 Å². The fourth-order valence-electron chi connectivity index (χ4n) is 1.74.